The molecule has 24 heavy (non-hydrogen) atoms. The molecule has 0 fully saturated rings. The van der Waals surface area contributed by atoms with E-state index in [1.54, 1.807) is 6.92 Å². The predicted molar refractivity (Wildman–Crippen MR) is 96.1 cm³/mol. The second kappa shape index (κ2) is 5.34. The molecule has 2 heterocycles. The summed E-state index contributed by atoms with van der Waals surface area (Å²) < 4.78 is 2.14. The van der Waals surface area contributed by atoms with E-state index in [-0.39, 0.29) is 11.8 Å². The van der Waals surface area contributed by atoms with Crippen molar-refractivity contribution < 1.29 is 4.79 Å². The van der Waals surface area contributed by atoms with Crippen LogP contribution in [-0.4, -0.2) is 15.3 Å². The fourth-order valence-corrected chi connectivity index (χ4v) is 3.61. The number of aromatic nitrogens is 2. The minimum absolute atomic E-state index is 0.0803. The summed E-state index contributed by atoms with van der Waals surface area (Å²) in [7, 11) is 0. The molecule has 1 aromatic heterocycles. The van der Waals surface area contributed by atoms with Crippen LogP contribution < -0.4 is 5.32 Å². The Hall–Kier alpha value is -2.88. The number of carbonyl (C=O) groups is 1. The number of carbonyl (C=O) groups excluding carboxylic acids is 1. The Balaban J connectivity index is 2.07. The highest BCUT2D eigenvalue weighted by molar-refractivity contribution is 5.97. The van der Waals surface area contributed by atoms with Crippen LogP contribution >= 0.6 is 0 Å². The van der Waals surface area contributed by atoms with E-state index in [2.05, 4.69) is 35.0 Å². The van der Waals surface area contributed by atoms with Crippen LogP contribution in [0.5, 0.6) is 0 Å². The summed E-state index contributed by atoms with van der Waals surface area (Å²) in [5.41, 5.74) is 5.92. The third kappa shape index (κ3) is 2.07. The molecule has 4 rings (SSSR count). The molecular weight excluding hydrogens is 298 g/mol. The summed E-state index contributed by atoms with van der Waals surface area (Å²) >= 11 is 0. The molecule has 120 valence electrons. The van der Waals surface area contributed by atoms with Gasteiger partial charge in [-0.1, -0.05) is 36.4 Å². The predicted octanol–water partition coefficient (Wildman–Crippen LogP) is 4.22. The minimum Gasteiger partial charge on any atom is -0.329 e. The fraction of sp³-hybridized carbons (Fsp3) is 0.200. The zero-order chi connectivity index (χ0) is 16.8. The van der Waals surface area contributed by atoms with Gasteiger partial charge in [-0.15, -0.1) is 0 Å². The Kier molecular flexibility index (Phi) is 3.27. The Morgan fingerprint density at radius 1 is 1.08 bits per heavy atom. The maximum atomic E-state index is 12.4. The maximum Gasteiger partial charge on any atom is 0.209 e. The van der Waals surface area contributed by atoms with Crippen molar-refractivity contribution in [2.45, 2.75) is 26.8 Å². The van der Waals surface area contributed by atoms with Crippen molar-refractivity contribution in [2.24, 2.45) is 0 Å². The number of hydrogen-bond acceptors (Lipinski definition) is 3. The first kappa shape index (κ1) is 14.7. The molecule has 0 spiro atoms. The van der Waals surface area contributed by atoms with Gasteiger partial charge in [-0.3, -0.25) is 9.36 Å². The van der Waals surface area contributed by atoms with E-state index in [0.717, 1.165) is 33.8 Å². The summed E-state index contributed by atoms with van der Waals surface area (Å²) in [6.07, 6.45) is 0. The molecule has 3 aromatic rings. The van der Waals surface area contributed by atoms with Crippen molar-refractivity contribution in [3.8, 4) is 0 Å². The number of Topliss-reactive ketones (excluding diaryl/α,β-unsaturated/α-hetero) is 1. The number of ketones is 1. The normalized spacial score (nSPS) is 16.9. The molecule has 0 radical (unpaired) electrons. The number of anilines is 1. The summed E-state index contributed by atoms with van der Waals surface area (Å²) in [5, 5.41) is 3.31. The molecule has 1 atom stereocenters. The van der Waals surface area contributed by atoms with Crippen LogP contribution in [0.1, 0.15) is 31.0 Å². The van der Waals surface area contributed by atoms with Crippen LogP contribution in [0.3, 0.4) is 0 Å². The van der Waals surface area contributed by atoms with Crippen LogP contribution in [0.2, 0.25) is 0 Å². The number of para-hydroxylation sites is 2. The van der Waals surface area contributed by atoms with E-state index in [9.17, 15) is 4.79 Å². The molecule has 2 aromatic carbocycles. The number of imidazole rings is 1. The Bertz CT molecular complexity index is 997. The Morgan fingerprint density at radius 3 is 2.54 bits per heavy atom. The third-order valence-corrected chi connectivity index (χ3v) is 4.69. The average Bonchev–Trinajstić information content (AvgIpc) is 2.91. The molecule has 4 heteroatoms. The number of nitrogens with one attached hydrogen (secondary N) is 1. The van der Waals surface area contributed by atoms with Crippen LogP contribution in [-0.2, 0) is 4.79 Å². The molecule has 1 aliphatic heterocycles. The maximum absolute atomic E-state index is 12.4. The van der Waals surface area contributed by atoms with E-state index < -0.39 is 0 Å². The number of benzene rings is 2. The highest BCUT2D eigenvalue weighted by atomic mass is 16.1. The smallest absolute Gasteiger partial charge is 0.209 e. The lowest BCUT2D eigenvalue weighted by molar-refractivity contribution is -0.114. The van der Waals surface area contributed by atoms with E-state index in [1.165, 1.54) is 5.56 Å². The van der Waals surface area contributed by atoms with Crippen LogP contribution in [0.25, 0.3) is 11.0 Å². The highest BCUT2D eigenvalue weighted by Gasteiger charge is 2.32. The van der Waals surface area contributed by atoms with Crippen LogP contribution in [0, 0.1) is 6.92 Å². The lowest BCUT2D eigenvalue weighted by atomic mass is 9.90. The van der Waals surface area contributed by atoms with Gasteiger partial charge in [0, 0.05) is 11.3 Å². The summed E-state index contributed by atoms with van der Waals surface area (Å²) in [4.78, 5) is 17.1. The van der Waals surface area contributed by atoms with Gasteiger partial charge in [-0.25, -0.2) is 4.98 Å². The molecular formula is C20H19N3O. The molecule has 0 unspecified atom stereocenters. The molecule has 1 N–H and O–H groups in total. The Morgan fingerprint density at radius 2 is 1.79 bits per heavy atom. The highest BCUT2D eigenvalue weighted by Crippen LogP contribution is 2.40. The van der Waals surface area contributed by atoms with Crippen molar-refractivity contribution in [2.75, 3.05) is 5.32 Å². The molecule has 1 aliphatic rings. The van der Waals surface area contributed by atoms with E-state index in [4.69, 9.17) is 4.98 Å². The van der Waals surface area contributed by atoms with Gasteiger partial charge in [0.15, 0.2) is 5.78 Å². The third-order valence-electron chi connectivity index (χ3n) is 4.69. The van der Waals surface area contributed by atoms with Gasteiger partial charge < -0.3 is 5.32 Å². The minimum atomic E-state index is -0.160. The van der Waals surface area contributed by atoms with Gasteiger partial charge in [0.05, 0.1) is 17.1 Å². The van der Waals surface area contributed by atoms with E-state index in [0.29, 0.717) is 0 Å². The second-order valence-electron chi connectivity index (χ2n) is 6.27. The number of aryl methyl sites for hydroxylation is 1. The lowest BCUT2D eigenvalue weighted by Gasteiger charge is -2.31. The van der Waals surface area contributed by atoms with Crippen molar-refractivity contribution in [3.63, 3.8) is 0 Å². The zero-order valence-electron chi connectivity index (χ0n) is 14.0. The molecule has 0 saturated carbocycles. The Labute approximate surface area is 140 Å². The quantitative estimate of drug-likeness (QED) is 0.769. The molecule has 0 aliphatic carbocycles. The molecule has 0 saturated heterocycles. The SMILES string of the molecule is CC(=O)C1=C(C)Nc2nc3ccccc3n2[C@H]1c1ccccc1C. The summed E-state index contributed by atoms with van der Waals surface area (Å²) in [6.45, 7) is 5.67. The van der Waals surface area contributed by atoms with Crippen molar-refractivity contribution in [3.05, 3.63) is 70.9 Å². The molecule has 4 nitrogen and oxygen atoms in total. The largest absolute Gasteiger partial charge is 0.329 e. The number of rotatable bonds is 2. The van der Waals surface area contributed by atoms with Crippen molar-refractivity contribution in [1.29, 1.82) is 0 Å². The van der Waals surface area contributed by atoms with Crippen molar-refractivity contribution >= 4 is 22.8 Å². The van der Waals surface area contributed by atoms with Gasteiger partial charge in [-0.2, -0.15) is 0 Å². The monoisotopic (exact) mass is 317 g/mol. The van der Waals surface area contributed by atoms with E-state index in [1.807, 2.05) is 37.3 Å². The average molecular weight is 317 g/mol. The van der Waals surface area contributed by atoms with Crippen molar-refractivity contribution in [1.82, 2.24) is 9.55 Å². The lowest BCUT2D eigenvalue weighted by Crippen LogP contribution is -2.27. The fourth-order valence-electron chi connectivity index (χ4n) is 3.61. The first-order valence-electron chi connectivity index (χ1n) is 8.09. The first-order chi connectivity index (χ1) is 11.6. The number of fused-ring (bicyclic) bond motifs is 3. The van der Waals surface area contributed by atoms with Crippen LogP contribution in [0.15, 0.2) is 59.8 Å². The van der Waals surface area contributed by atoms with Gasteiger partial charge in [-0.05, 0) is 44.0 Å². The van der Waals surface area contributed by atoms with E-state index >= 15 is 0 Å². The number of hydrogen-bond donors (Lipinski definition) is 1. The summed E-state index contributed by atoms with van der Waals surface area (Å²) in [5.74, 6) is 0.864. The van der Waals surface area contributed by atoms with Crippen LogP contribution in [0.4, 0.5) is 5.95 Å². The number of nitrogens with zero attached hydrogens (tertiary/aromatic N) is 2. The van der Waals surface area contributed by atoms with Gasteiger partial charge in [0.2, 0.25) is 5.95 Å². The summed E-state index contributed by atoms with van der Waals surface area (Å²) in [6, 6.07) is 16.1. The molecule has 0 amide bonds. The second-order valence-corrected chi connectivity index (χ2v) is 6.27. The topological polar surface area (TPSA) is 46.9 Å². The first-order valence-corrected chi connectivity index (χ1v) is 8.09. The van der Waals surface area contributed by atoms with Gasteiger partial charge >= 0.3 is 0 Å². The molecule has 0 bridgehead atoms. The standard InChI is InChI=1S/C20H19N3O/c1-12-8-4-5-9-15(12)19-18(14(3)24)13(2)21-20-22-16-10-6-7-11-17(16)23(19)20/h4-11,19H,1-3H3,(H,21,22)/t19-/m0/s1. The van der Waals surface area contributed by atoms with Gasteiger partial charge in [0.25, 0.3) is 0 Å². The zero-order valence-corrected chi connectivity index (χ0v) is 14.0. The van der Waals surface area contributed by atoms with Gasteiger partial charge in [0.1, 0.15) is 0 Å². The number of allylic oxidation sites excluding steroid dienone is 2.